The summed E-state index contributed by atoms with van der Waals surface area (Å²) in [6, 6.07) is 3.16. The van der Waals surface area contributed by atoms with Gasteiger partial charge in [0.1, 0.15) is 0 Å². The highest BCUT2D eigenvalue weighted by Crippen LogP contribution is 2.21. The summed E-state index contributed by atoms with van der Waals surface area (Å²) in [5.41, 5.74) is -0.0610. The molecule has 1 unspecified atom stereocenters. The molecule has 2 N–H and O–H groups in total. The molecule has 18 heavy (non-hydrogen) atoms. The predicted octanol–water partition coefficient (Wildman–Crippen LogP) is 0.916. The number of aromatic carboxylic acids is 1. The molecule has 1 atom stereocenters. The number of carboxylic acids is 1. The Hall–Kier alpha value is -1.69. The molecule has 1 aliphatic heterocycles. The Balaban J connectivity index is 2.19. The summed E-state index contributed by atoms with van der Waals surface area (Å²) in [6.07, 6.45) is 4.23. The molecular formula is C12H17N3O3. The molecule has 1 fully saturated rings. The second-order valence-corrected chi connectivity index (χ2v) is 4.46. The van der Waals surface area contributed by atoms with Crippen molar-refractivity contribution in [3.63, 3.8) is 0 Å². The van der Waals surface area contributed by atoms with Crippen LogP contribution in [0.3, 0.4) is 0 Å². The van der Waals surface area contributed by atoms with E-state index in [0.29, 0.717) is 5.82 Å². The fourth-order valence-electron chi connectivity index (χ4n) is 2.26. The van der Waals surface area contributed by atoms with Crippen LogP contribution in [-0.4, -0.2) is 45.6 Å². The lowest BCUT2D eigenvalue weighted by Crippen LogP contribution is -2.38. The van der Waals surface area contributed by atoms with Crippen molar-refractivity contribution >= 4 is 11.8 Å². The average Bonchev–Trinajstić information content (AvgIpc) is 2.63. The van der Waals surface area contributed by atoms with Crippen LogP contribution in [0, 0.1) is 0 Å². The van der Waals surface area contributed by atoms with Crippen LogP contribution in [-0.2, 0) is 0 Å². The Labute approximate surface area is 105 Å². The molecule has 1 saturated heterocycles. The molecule has 1 aromatic rings. The summed E-state index contributed by atoms with van der Waals surface area (Å²) >= 11 is 0. The van der Waals surface area contributed by atoms with Gasteiger partial charge in [0.15, 0.2) is 11.5 Å². The number of aromatic nitrogens is 2. The summed E-state index contributed by atoms with van der Waals surface area (Å²) in [7, 11) is 0. The molecule has 0 bridgehead atoms. The quantitative estimate of drug-likeness (QED) is 0.830. The Morgan fingerprint density at radius 1 is 1.33 bits per heavy atom. The minimum Gasteiger partial charge on any atom is -0.476 e. The third kappa shape index (κ3) is 2.76. The van der Waals surface area contributed by atoms with E-state index in [2.05, 4.69) is 10.2 Å². The Kier molecular flexibility index (Phi) is 4.09. The van der Waals surface area contributed by atoms with Crippen LogP contribution in [0.15, 0.2) is 12.1 Å². The van der Waals surface area contributed by atoms with Gasteiger partial charge in [-0.2, -0.15) is 0 Å². The smallest absolute Gasteiger partial charge is 0.356 e. The molecule has 1 aromatic heterocycles. The number of aliphatic hydroxyl groups excluding tert-OH is 1. The first-order valence-corrected chi connectivity index (χ1v) is 6.17. The van der Waals surface area contributed by atoms with E-state index >= 15 is 0 Å². The normalized spacial score (nSPS) is 20.5. The van der Waals surface area contributed by atoms with Gasteiger partial charge < -0.3 is 15.1 Å². The maximum atomic E-state index is 10.7. The van der Waals surface area contributed by atoms with Crippen LogP contribution in [0.5, 0.6) is 0 Å². The zero-order valence-corrected chi connectivity index (χ0v) is 10.1. The van der Waals surface area contributed by atoms with Crippen LogP contribution in [0.2, 0.25) is 0 Å². The highest BCUT2D eigenvalue weighted by molar-refractivity contribution is 5.85. The number of anilines is 1. The molecule has 0 spiro atoms. The van der Waals surface area contributed by atoms with Crippen molar-refractivity contribution in [1.82, 2.24) is 10.2 Å². The number of aliphatic hydroxyl groups is 1. The standard InChI is InChI=1S/C12H17N3O3/c16-8-9-4-2-1-3-7-15(9)11-6-5-10(12(17)18)13-14-11/h5-6,9,16H,1-4,7-8H2,(H,17,18). The van der Waals surface area contributed by atoms with E-state index in [1.165, 1.54) is 6.07 Å². The van der Waals surface area contributed by atoms with Gasteiger partial charge in [0, 0.05) is 6.54 Å². The van der Waals surface area contributed by atoms with Gasteiger partial charge >= 0.3 is 5.97 Å². The van der Waals surface area contributed by atoms with Crippen molar-refractivity contribution in [1.29, 1.82) is 0 Å². The van der Waals surface area contributed by atoms with Crippen molar-refractivity contribution in [2.45, 2.75) is 31.7 Å². The van der Waals surface area contributed by atoms with E-state index < -0.39 is 5.97 Å². The first-order valence-electron chi connectivity index (χ1n) is 6.17. The summed E-state index contributed by atoms with van der Waals surface area (Å²) in [5.74, 6) is -0.440. The molecule has 2 heterocycles. The van der Waals surface area contributed by atoms with Gasteiger partial charge in [-0.05, 0) is 25.0 Å². The van der Waals surface area contributed by atoms with E-state index in [9.17, 15) is 9.90 Å². The number of rotatable bonds is 3. The minimum absolute atomic E-state index is 0.0532. The number of hydrogen-bond donors (Lipinski definition) is 2. The first kappa shape index (κ1) is 12.8. The number of carbonyl (C=O) groups is 1. The summed E-state index contributed by atoms with van der Waals surface area (Å²) in [5, 5.41) is 25.8. The molecule has 0 saturated carbocycles. The summed E-state index contributed by atoms with van der Waals surface area (Å²) < 4.78 is 0. The fraction of sp³-hybridized carbons (Fsp3) is 0.583. The maximum Gasteiger partial charge on any atom is 0.356 e. The van der Waals surface area contributed by atoms with E-state index in [1.54, 1.807) is 6.07 Å². The van der Waals surface area contributed by atoms with E-state index in [4.69, 9.17) is 5.11 Å². The van der Waals surface area contributed by atoms with E-state index in [0.717, 1.165) is 32.2 Å². The lowest BCUT2D eigenvalue weighted by atomic mass is 10.1. The Morgan fingerprint density at radius 2 is 2.17 bits per heavy atom. The van der Waals surface area contributed by atoms with Crippen LogP contribution in [0.25, 0.3) is 0 Å². The molecule has 0 amide bonds. The van der Waals surface area contributed by atoms with E-state index in [1.807, 2.05) is 4.90 Å². The fourth-order valence-corrected chi connectivity index (χ4v) is 2.26. The van der Waals surface area contributed by atoms with Gasteiger partial charge in [-0.3, -0.25) is 0 Å². The van der Waals surface area contributed by atoms with Crippen molar-refractivity contribution in [2.75, 3.05) is 18.1 Å². The molecule has 6 nitrogen and oxygen atoms in total. The number of carboxylic acid groups (broad SMARTS) is 1. The van der Waals surface area contributed by atoms with Crippen LogP contribution < -0.4 is 4.90 Å². The third-order valence-electron chi connectivity index (χ3n) is 3.25. The van der Waals surface area contributed by atoms with Crippen LogP contribution in [0.1, 0.15) is 36.2 Å². The average molecular weight is 251 g/mol. The van der Waals surface area contributed by atoms with Crippen molar-refractivity contribution in [2.24, 2.45) is 0 Å². The molecule has 2 rings (SSSR count). The minimum atomic E-state index is -1.08. The Morgan fingerprint density at radius 3 is 2.78 bits per heavy atom. The largest absolute Gasteiger partial charge is 0.476 e. The first-order chi connectivity index (χ1) is 8.72. The van der Waals surface area contributed by atoms with Gasteiger partial charge in [0.25, 0.3) is 0 Å². The number of nitrogens with zero attached hydrogens (tertiary/aromatic N) is 3. The zero-order valence-electron chi connectivity index (χ0n) is 10.1. The van der Waals surface area contributed by atoms with E-state index in [-0.39, 0.29) is 18.3 Å². The topological polar surface area (TPSA) is 86.5 Å². The lowest BCUT2D eigenvalue weighted by Gasteiger charge is -2.29. The summed E-state index contributed by atoms with van der Waals surface area (Å²) in [4.78, 5) is 12.7. The maximum absolute atomic E-state index is 10.7. The SMILES string of the molecule is O=C(O)c1ccc(N2CCCCCC2CO)nn1. The second-order valence-electron chi connectivity index (χ2n) is 4.46. The zero-order chi connectivity index (χ0) is 13.0. The van der Waals surface area contributed by atoms with Crippen molar-refractivity contribution in [3.8, 4) is 0 Å². The third-order valence-corrected chi connectivity index (χ3v) is 3.25. The van der Waals surface area contributed by atoms with Gasteiger partial charge in [-0.1, -0.05) is 12.8 Å². The summed E-state index contributed by atoms with van der Waals surface area (Å²) in [6.45, 7) is 0.911. The second kappa shape index (κ2) is 5.77. The molecule has 1 aliphatic rings. The molecular weight excluding hydrogens is 234 g/mol. The predicted molar refractivity (Wildman–Crippen MR) is 65.7 cm³/mol. The van der Waals surface area contributed by atoms with Crippen molar-refractivity contribution in [3.05, 3.63) is 17.8 Å². The number of hydrogen-bond acceptors (Lipinski definition) is 5. The molecule has 6 heteroatoms. The van der Waals surface area contributed by atoms with Crippen LogP contribution in [0.4, 0.5) is 5.82 Å². The lowest BCUT2D eigenvalue weighted by molar-refractivity contribution is 0.0689. The van der Waals surface area contributed by atoms with Gasteiger partial charge in [-0.15, -0.1) is 10.2 Å². The monoisotopic (exact) mass is 251 g/mol. The Bertz CT molecular complexity index is 408. The van der Waals surface area contributed by atoms with Crippen molar-refractivity contribution < 1.29 is 15.0 Å². The van der Waals surface area contributed by atoms with Crippen LogP contribution >= 0.6 is 0 Å². The molecule has 98 valence electrons. The van der Waals surface area contributed by atoms with Gasteiger partial charge in [0.2, 0.25) is 0 Å². The highest BCUT2D eigenvalue weighted by atomic mass is 16.4. The van der Waals surface area contributed by atoms with Gasteiger partial charge in [0.05, 0.1) is 12.6 Å². The molecule has 0 aromatic carbocycles. The van der Waals surface area contributed by atoms with Gasteiger partial charge in [-0.25, -0.2) is 4.79 Å². The molecule has 0 radical (unpaired) electrons. The molecule has 0 aliphatic carbocycles. The highest BCUT2D eigenvalue weighted by Gasteiger charge is 2.22.